The van der Waals surface area contributed by atoms with Gasteiger partial charge in [0.2, 0.25) is 5.76 Å². The molecule has 0 bridgehead atoms. The fourth-order valence-electron chi connectivity index (χ4n) is 3.15. The van der Waals surface area contributed by atoms with E-state index in [-0.39, 0.29) is 17.4 Å². The molecule has 2 fully saturated rings. The highest BCUT2D eigenvalue weighted by molar-refractivity contribution is 5.92. The largest absolute Gasteiger partial charge is 0.438 e. The Hall–Kier alpha value is -1.36. The van der Waals surface area contributed by atoms with Crippen molar-refractivity contribution >= 4 is 5.91 Å². The van der Waals surface area contributed by atoms with Gasteiger partial charge in [0.15, 0.2) is 6.39 Å². The lowest BCUT2D eigenvalue weighted by Gasteiger charge is -2.41. The van der Waals surface area contributed by atoms with Gasteiger partial charge in [0.1, 0.15) is 0 Å². The van der Waals surface area contributed by atoms with Gasteiger partial charge in [-0.2, -0.15) is 0 Å². The maximum absolute atomic E-state index is 12.4. The molecule has 1 aromatic rings. The number of aryl methyl sites for hydroxylation is 1. The third-order valence-corrected chi connectivity index (χ3v) is 4.52. The van der Waals surface area contributed by atoms with Crippen molar-refractivity contribution in [3.63, 3.8) is 0 Å². The molecule has 1 unspecified atom stereocenters. The normalized spacial score (nSPS) is 25.4. The smallest absolute Gasteiger partial charge is 0.291 e. The fourth-order valence-corrected chi connectivity index (χ4v) is 3.15. The molecule has 18 heavy (non-hydrogen) atoms. The van der Waals surface area contributed by atoms with E-state index in [9.17, 15) is 4.79 Å². The number of amides is 1. The Labute approximate surface area is 106 Å². The standard InChI is InChI=1S/C13H19N3O2/c1-2-9-11(18-8-15-9)12(17)16-6-10(14)13(7-16)4-3-5-13/h8,10H,2-7,14H2,1H3. The van der Waals surface area contributed by atoms with Crippen molar-refractivity contribution in [1.82, 2.24) is 9.88 Å². The molecule has 1 saturated carbocycles. The summed E-state index contributed by atoms with van der Waals surface area (Å²) in [6, 6.07) is 0.114. The predicted molar refractivity (Wildman–Crippen MR) is 66.0 cm³/mol. The van der Waals surface area contributed by atoms with Crippen LogP contribution in [-0.2, 0) is 6.42 Å². The van der Waals surface area contributed by atoms with Crippen LogP contribution in [0, 0.1) is 5.41 Å². The first-order valence-corrected chi connectivity index (χ1v) is 6.63. The van der Waals surface area contributed by atoms with E-state index >= 15 is 0 Å². The van der Waals surface area contributed by atoms with E-state index in [1.807, 2.05) is 11.8 Å². The Kier molecular flexibility index (Phi) is 2.66. The summed E-state index contributed by atoms with van der Waals surface area (Å²) in [4.78, 5) is 18.3. The molecule has 1 amide bonds. The average molecular weight is 249 g/mol. The Balaban J connectivity index is 1.78. The van der Waals surface area contributed by atoms with E-state index in [4.69, 9.17) is 10.2 Å². The number of aromatic nitrogens is 1. The summed E-state index contributed by atoms with van der Waals surface area (Å²) in [6.45, 7) is 3.39. The molecule has 3 rings (SSSR count). The van der Waals surface area contributed by atoms with E-state index in [1.165, 1.54) is 12.8 Å². The van der Waals surface area contributed by atoms with Crippen molar-refractivity contribution < 1.29 is 9.21 Å². The Morgan fingerprint density at radius 2 is 2.44 bits per heavy atom. The predicted octanol–water partition coefficient (Wildman–Crippen LogP) is 1.19. The highest BCUT2D eigenvalue weighted by Crippen LogP contribution is 2.47. The Morgan fingerprint density at radius 1 is 1.67 bits per heavy atom. The van der Waals surface area contributed by atoms with E-state index < -0.39 is 0 Å². The number of carbonyl (C=O) groups is 1. The van der Waals surface area contributed by atoms with Gasteiger partial charge in [-0.3, -0.25) is 4.79 Å². The highest BCUT2D eigenvalue weighted by atomic mass is 16.3. The van der Waals surface area contributed by atoms with Gasteiger partial charge in [-0.25, -0.2) is 4.98 Å². The van der Waals surface area contributed by atoms with Gasteiger partial charge in [-0.1, -0.05) is 13.3 Å². The number of rotatable bonds is 2. The molecular weight excluding hydrogens is 230 g/mol. The van der Waals surface area contributed by atoms with Crippen LogP contribution in [0.25, 0.3) is 0 Å². The topological polar surface area (TPSA) is 72.4 Å². The summed E-state index contributed by atoms with van der Waals surface area (Å²) < 4.78 is 5.24. The van der Waals surface area contributed by atoms with Crippen LogP contribution >= 0.6 is 0 Å². The molecule has 2 heterocycles. The number of likely N-dealkylation sites (tertiary alicyclic amines) is 1. The van der Waals surface area contributed by atoms with Gasteiger partial charge in [-0.05, 0) is 19.3 Å². The van der Waals surface area contributed by atoms with Crippen molar-refractivity contribution in [3.8, 4) is 0 Å². The third-order valence-electron chi connectivity index (χ3n) is 4.52. The summed E-state index contributed by atoms with van der Waals surface area (Å²) >= 11 is 0. The van der Waals surface area contributed by atoms with Crippen molar-refractivity contribution in [2.75, 3.05) is 13.1 Å². The summed E-state index contributed by atoms with van der Waals surface area (Å²) in [5.41, 5.74) is 7.11. The Bertz CT molecular complexity index is 465. The van der Waals surface area contributed by atoms with E-state index in [1.54, 1.807) is 0 Å². The monoisotopic (exact) mass is 249 g/mol. The molecule has 1 spiro atoms. The van der Waals surface area contributed by atoms with E-state index in [0.29, 0.717) is 18.7 Å². The lowest BCUT2D eigenvalue weighted by Crippen LogP contribution is -2.45. The molecule has 98 valence electrons. The maximum Gasteiger partial charge on any atom is 0.291 e. The first-order valence-electron chi connectivity index (χ1n) is 6.63. The lowest BCUT2D eigenvalue weighted by atomic mass is 9.66. The SMILES string of the molecule is CCc1ncoc1C(=O)N1CC(N)C2(CCC2)C1. The van der Waals surface area contributed by atoms with Gasteiger partial charge in [0, 0.05) is 24.5 Å². The average Bonchev–Trinajstić information content (AvgIpc) is 2.90. The maximum atomic E-state index is 12.4. The van der Waals surface area contributed by atoms with Gasteiger partial charge >= 0.3 is 0 Å². The molecule has 1 aliphatic heterocycles. The van der Waals surface area contributed by atoms with Gasteiger partial charge < -0.3 is 15.1 Å². The summed E-state index contributed by atoms with van der Waals surface area (Å²) in [7, 11) is 0. The Morgan fingerprint density at radius 3 is 3.00 bits per heavy atom. The minimum atomic E-state index is -0.0522. The first kappa shape index (κ1) is 11.7. The van der Waals surface area contributed by atoms with Crippen LogP contribution < -0.4 is 5.73 Å². The number of nitrogens with zero attached hydrogens (tertiary/aromatic N) is 2. The second-order valence-electron chi connectivity index (χ2n) is 5.49. The van der Waals surface area contributed by atoms with Crippen LogP contribution in [0.3, 0.4) is 0 Å². The minimum absolute atomic E-state index is 0.0522. The van der Waals surface area contributed by atoms with E-state index in [2.05, 4.69) is 4.98 Å². The zero-order valence-corrected chi connectivity index (χ0v) is 10.7. The molecule has 5 nitrogen and oxygen atoms in total. The van der Waals surface area contributed by atoms with E-state index in [0.717, 1.165) is 25.1 Å². The quantitative estimate of drug-likeness (QED) is 0.854. The van der Waals surface area contributed by atoms with Crippen molar-refractivity contribution in [1.29, 1.82) is 0 Å². The molecule has 2 N–H and O–H groups in total. The zero-order chi connectivity index (χ0) is 12.8. The van der Waals surface area contributed by atoms with Crippen LogP contribution in [-0.4, -0.2) is 34.9 Å². The summed E-state index contributed by atoms with van der Waals surface area (Å²) in [6.07, 6.45) is 5.59. The van der Waals surface area contributed by atoms with Gasteiger partial charge in [0.25, 0.3) is 5.91 Å². The van der Waals surface area contributed by atoms with Crippen molar-refractivity contribution in [2.24, 2.45) is 11.1 Å². The molecule has 0 aromatic carbocycles. The van der Waals surface area contributed by atoms with Crippen LogP contribution in [0.5, 0.6) is 0 Å². The fraction of sp³-hybridized carbons (Fsp3) is 0.692. The molecule has 1 atom stereocenters. The number of oxazole rings is 1. The first-order chi connectivity index (χ1) is 8.66. The number of hydrogen-bond acceptors (Lipinski definition) is 4. The number of hydrogen-bond donors (Lipinski definition) is 1. The van der Waals surface area contributed by atoms with Crippen LogP contribution in [0.2, 0.25) is 0 Å². The molecule has 1 saturated heterocycles. The molecule has 0 radical (unpaired) electrons. The minimum Gasteiger partial charge on any atom is -0.438 e. The lowest BCUT2D eigenvalue weighted by molar-refractivity contribution is 0.0695. The molecule has 5 heteroatoms. The van der Waals surface area contributed by atoms with Crippen LogP contribution in [0.1, 0.15) is 42.4 Å². The van der Waals surface area contributed by atoms with Crippen molar-refractivity contribution in [2.45, 2.75) is 38.6 Å². The third kappa shape index (κ3) is 1.57. The summed E-state index contributed by atoms with van der Waals surface area (Å²) in [5.74, 6) is 0.338. The van der Waals surface area contributed by atoms with Crippen LogP contribution in [0.15, 0.2) is 10.8 Å². The second-order valence-corrected chi connectivity index (χ2v) is 5.49. The highest BCUT2D eigenvalue weighted by Gasteiger charge is 2.50. The summed E-state index contributed by atoms with van der Waals surface area (Å²) in [5, 5.41) is 0. The van der Waals surface area contributed by atoms with Gasteiger partial charge in [-0.15, -0.1) is 0 Å². The molecule has 1 aromatic heterocycles. The van der Waals surface area contributed by atoms with Gasteiger partial charge in [0.05, 0.1) is 5.69 Å². The zero-order valence-electron chi connectivity index (χ0n) is 10.7. The molecule has 1 aliphatic carbocycles. The van der Waals surface area contributed by atoms with Crippen molar-refractivity contribution in [3.05, 3.63) is 17.8 Å². The number of carbonyl (C=O) groups excluding carboxylic acids is 1. The molecular formula is C13H19N3O2. The van der Waals surface area contributed by atoms with Crippen LogP contribution in [0.4, 0.5) is 0 Å². The number of nitrogens with two attached hydrogens (primary N) is 1. The second kappa shape index (κ2) is 4.09. The molecule has 2 aliphatic rings.